The number of nitrogens with zero attached hydrogens (tertiary/aromatic N) is 1. The number of hydrogen-bond donors (Lipinski definition) is 0. The number of hydrogen-bond acceptors (Lipinski definition) is 3. The zero-order chi connectivity index (χ0) is 11.8. The highest BCUT2D eigenvalue weighted by Crippen LogP contribution is 2.47. The van der Waals surface area contributed by atoms with E-state index in [0.717, 1.165) is 25.2 Å². The van der Waals surface area contributed by atoms with Gasteiger partial charge in [0.25, 0.3) is 0 Å². The molecule has 1 saturated carbocycles. The van der Waals surface area contributed by atoms with Crippen molar-refractivity contribution in [1.82, 2.24) is 0 Å². The van der Waals surface area contributed by atoms with Gasteiger partial charge in [-0.15, -0.1) is 0 Å². The first kappa shape index (κ1) is 11.9. The number of rotatable bonds is 1. The Morgan fingerprint density at radius 2 is 1.94 bits per heavy atom. The van der Waals surface area contributed by atoms with E-state index in [0.29, 0.717) is 5.92 Å². The lowest BCUT2D eigenvalue weighted by molar-refractivity contribution is -0.0553. The minimum atomic E-state index is -0.119. The molecule has 3 heteroatoms. The van der Waals surface area contributed by atoms with Gasteiger partial charge in [-0.2, -0.15) is 0 Å². The zero-order valence-electron chi connectivity index (χ0n) is 10.9. The molecular formula is C13H23NO2. The lowest BCUT2D eigenvalue weighted by Gasteiger charge is -2.47. The van der Waals surface area contributed by atoms with Crippen LogP contribution in [0.25, 0.3) is 0 Å². The fourth-order valence-electron chi connectivity index (χ4n) is 3.00. The van der Waals surface area contributed by atoms with Crippen molar-refractivity contribution in [2.75, 3.05) is 13.7 Å². The Kier molecular flexibility index (Phi) is 2.99. The maximum atomic E-state index is 6.13. The summed E-state index contributed by atoms with van der Waals surface area (Å²) in [4.78, 5) is 5.06. The minimum Gasteiger partial charge on any atom is -0.399 e. The van der Waals surface area contributed by atoms with Crippen LogP contribution in [0.15, 0.2) is 5.16 Å². The molecule has 1 aliphatic carbocycles. The Hall–Kier alpha value is -0.570. The third kappa shape index (κ3) is 1.65. The second kappa shape index (κ2) is 4.02. The molecule has 1 heterocycles. The number of oxime groups is 1. The van der Waals surface area contributed by atoms with E-state index in [1.54, 1.807) is 7.11 Å². The molecular weight excluding hydrogens is 202 g/mol. The van der Waals surface area contributed by atoms with Crippen LogP contribution in [0.5, 0.6) is 0 Å². The van der Waals surface area contributed by atoms with Crippen molar-refractivity contribution >= 4 is 5.71 Å². The van der Waals surface area contributed by atoms with Gasteiger partial charge in [0.15, 0.2) is 0 Å². The summed E-state index contributed by atoms with van der Waals surface area (Å²) in [5.74, 6) is 0.493. The van der Waals surface area contributed by atoms with Gasteiger partial charge in [0.2, 0.25) is 0 Å². The van der Waals surface area contributed by atoms with E-state index in [-0.39, 0.29) is 11.0 Å². The van der Waals surface area contributed by atoms with Crippen molar-refractivity contribution in [3.05, 3.63) is 0 Å². The quantitative estimate of drug-likeness (QED) is 0.642. The molecule has 0 N–H and O–H groups in total. The summed E-state index contributed by atoms with van der Waals surface area (Å²) in [7, 11) is 1.63. The van der Waals surface area contributed by atoms with Crippen LogP contribution in [0, 0.1) is 11.3 Å². The smallest absolute Gasteiger partial charge is 0.110 e. The molecule has 0 aromatic carbocycles. The Balaban J connectivity index is 2.37. The van der Waals surface area contributed by atoms with Gasteiger partial charge in [0.05, 0.1) is 12.3 Å². The van der Waals surface area contributed by atoms with Crippen LogP contribution in [-0.2, 0) is 9.57 Å². The fourth-order valence-corrected chi connectivity index (χ4v) is 3.00. The van der Waals surface area contributed by atoms with Crippen molar-refractivity contribution in [3.63, 3.8) is 0 Å². The molecule has 0 radical (unpaired) electrons. The highest BCUT2D eigenvalue weighted by molar-refractivity contribution is 5.97. The summed E-state index contributed by atoms with van der Waals surface area (Å²) in [5, 5.41) is 4.31. The normalized spacial score (nSPS) is 34.5. The summed E-state index contributed by atoms with van der Waals surface area (Å²) in [5.41, 5.74) is 1.09. The van der Waals surface area contributed by atoms with Crippen molar-refractivity contribution in [2.45, 2.75) is 52.1 Å². The van der Waals surface area contributed by atoms with E-state index in [4.69, 9.17) is 9.57 Å². The molecule has 0 aromatic rings. The first-order valence-corrected chi connectivity index (χ1v) is 6.29. The highest BCUT2D eigenvalue weighted by Gasteiger charge is 2.52. The van der Waals surface area contributed by atoms with Crippen LogP contribution in [-0.4, -0.2) is 25.0 Å². The van der Waals surface area contributed by atoms with Gasteiger partial charge >= 0.3 is 0 Å². The number of ether oxygens (including phenoxy) is 1. The summed E-state index contributed by atoms with van der Waals surface area (Å²) < 4.78 is 6.13. The van der Waals surface area contributed by atoms with E-state index in [1.807, 2.05) is 0 Å². The molecule has 2 rings (SSSR count). The lowest BCUT2D eigenvalue weighted by Crippen LogP contribution is -2.55. The maximum absolute atomic E-state index is 6.13. The zero-order valence-corrected chi connectivity index (χ0v) is 10.9. The Bertz CT molecular complexity index is 290. The molecule has 92 valence electrons. The Morgan fingerprint density at radius 1 is 1.31 bits per heavy atom. The van der Waals surface area contributed by atoms with E-state index < -0.39 is 0 Å². The Morgan fingerprint density at radius 3 is 2.50 bits per heavy atom. The molecule has 2 fully saturated rings. The van der Waals surface area contributed by atoms with Crippen molar-refractivity contribution in [2.24, 2.45) is 16.5 Å². The van der Waals surface area contributed by atoms with E-state index in [9.17, 15) is 0 Å². The molecule has 1 atom stereocenters. The molecule has 3 nitrogen and oxygen atoms in total. The SMILES string of the molecule is CON=C1C2(CCCC2)OCC(C)C1(C)C. The third-order valence-corrected chi connectivity index (χ3v) is 4.48. The predicted molar refractivity (Wildman–Crippen MR) is 64.5 cm³/mol. The first-order valence-electron chi connectivity index (χ1n) is 6.29. The van der Waals surface area contributed by atoms with Crippen LogP contribution in [0.3, 0.4) is 0 Å². The lowest BCUT2D eigenvalue weighted by atomic mass is 9.67. The largest absolute Gasteiger partial charge is 0.399 e. The van der Waals surface area contributed by atoms with Crippen LogP contribution >= 0.6 is 0 Å². The fraction of sp³-hybridized carbons (Fsp3) is 0.923. The van der Waals surface area contributed by atoms with Gasteiger partial charge in [-0.05, 0) is 18.8 Å². The van der Waals surface area contributed by atoms with Crippen molar-refractivity contribution < 1.29 is 9.57 Å². The van der Waals surface area contributed by atoms with Gasteiger partial charge in [-0.3, -0.25) is 0 Å². The van der Waals surface area contributed by atoms with Crippen molar-refractivity contribution in [1.29, 1.82) is 0 Å². The van der Waals surface area contributed by atoms with E-state index >= 15 is 0 Å². The molecule has 1 aliphatic heterocycles. The van der Waals surface area contributed by atoms with Gasteiger partial charge in [-0.1, -0.05) is 38.8 Å². The first-order chi connectivity index (χ1) is 7.53. The predicted octanol–water partition coefficient (Wildman–Crippen LogP) is 2.99. The topological polar surface area (TPSA) is 30.8 Å². The second-order valence-electron chi connectivity index (χ2n) is 5.76. The molecule has 16 heavy (non-hydrogen) atoms. The molecule has 2 aliphatic rings. The molecule has 1 unspecified atom stereocenters. The average Bonchev–Trinajstić information content (AvgIpc) is 2.70. The summed E-state index contributed by atoms with van der Waals surface area (Å²) >= 11 is 0. The molecule has 1 spiro atoms. The summed E-state index contributed by atoms with van der Waals surface area (Å²) in [6.07, 6.45) is 4.69. The third-order valence-electron chi connectivity index (χ3n) is 4.48. The molecule has 1 saturated heterocycles. The molecule has 0 amide bonds. The monoisotopic (exact) mass is 225 g/mol. The second-order valence-corrected chi connectivity index (χ2v) is 5.76. The van der Waals surface area contributed by atoms with Crippen LogP contribution in [0.4, 0.5) is 0 Å². The van der Waals surface area contributed by atoms with Gasteiger partial charge < -0.3 is 9.57 Å². The van der Waals surface area contributed by atoms with Gasteiger partial charge in [-0.25, -0.2) is 0 Å². The van der Waals surface area contributed by atoms with Crippen LogP contribution in [0.2, 0.25) is 0 Å². The molecule has 0 bridgehead atoms. The summed E-state index contributed by atoms with van der Waals surface area (Å²) in [6.45, 7) is 7.60. The standard InChI is InChI=1S/C13H23NO2/c1-10-9-16-13(7-5-6-8-13)11(14-15-4)12(10,2)3/h10H,5-9H2,1-4H3. The maximum Gasteiger partial charge on any atom is 0.110 e. The van der Waals surface area contributed by atoms with E-state index in [1.165, 1.54) is 12.8 Å². The molecule has 0 aromatic heterocycles. The van der Waals surface area contributed by atoms with E-state index in [2.05, 4.69) is 25.9 Å². The van der Waals surface area contributed by atoms with Crippen LogP contribution < -0.4 is 0 Å². The van der Waals surface area contributed by atoms with Crippen LogP contribution in [0.1, 0.15) is 46.5 Å². The van der Waals surface area contributed by atoms with Gasteiger partial charge in [0.1, 0.15) is 12.7 Å². The average molecular weight is 225 g/mol. The van der Waals surface area contributed by atoms with Gasteiger partial charge in [0, 0.05) is 5.41 Å². The highest BCUT2D eigenvalue weighted by atomic mass is 16.6. The summed E-state index contributed by atoms with van der Waals surface area (Å²) in [6, 6.07) is 0. The minimum absolute atomic E-state index is 0.0819. The van der Waals surface area contributed by atoms with Crippen molar-refractivity contribution in [3.8, 4) is 0 Å². The Labute approximate surface area is 98.2 Å².